The van der Waals surface area contributed by atoms with Gasteiger partial charge in [-0.15, -0.1) is 0 Å². The van der Waals surface area contributed by atoms with Crippen LogP contribution in [0.25, 0.3) is 10.9 Å². The van der Waals surface area contributed by atoms with E-state index in [0.29, 0.717) is 46.9 Å². The first-order valence-electron chi connectivity index (χ1n) is 15.8. The van der Waals surface area contributed by atoms with Crippen LogP contribution in [0, 0.1) is 5.41 Å². The maximum atomic E-state index is 14.0. The zero-order valence-electron chi connectivity index (χ0n) is 27.0. The molecule has 1 aliphatic heterocycles. The molecule has 6 rings (SSSR count). The molecule has 1 aromatic heterocycles. The molecule has 4 fully saturated rings. The lowest BCUT2D eigenvalue weighted by Crippen LogP contribution is -2.59. The maximum Gasteiger partial charge on any atom is 0.260 e. The Balaban J connectivity index is 1.29. The number of methoxy groups -OCH3 is 2. The molecule has 0 bridgehead atoms. The Morgan fingerprint density at radius 1 is 1.09 bits per heavy atom. The van der Waals surface area contributed by atoms with Crippen molar-refractivity contribution in [3.05, 3.63) is 18.0 Å². The third kappa shape index (κ3) is 6.69. The van der Waals surface area contributed by atoms with Gasteiger partial charge in [0.15, 0.2) is 11.5 Å². The van der Waals surface area contributed by atoms with E-state index in [4.69, 9.17) is 29.9 Å². The van der Waals surface area contributed by atoms with Gasteiger partial charge in [-0.3, -0.25) is 19.1 Å². The summed E-state index contributed by atoms with van der Waals surface area (Å²) in [6.07, 6.45) is 2.61. The highest BCUT2D eigenvalue weighted by Gasteiger charge is 2.62. The number of hydrogen-bond acceptors (Lipinski definition) is 11. The van der Waals surface area contributed by atoms with Gasteiger partial charge < -0.3 is 30.2 Å². The minimum absolute atomic E-state index is 0.0428. The van der Waals surface area contributed by atoms with Crippen molar-refractivity contribution in [2.75, 3.05) is 20.8 Å². The summed E-state index contributed by atoms with van der Waals surface area (Å²) in [6.45, 7) is 5.56. The molecule has 3 saturated carbocycles. The smallest absolute Gasteiger partial charge is 0.260 e. The molecule has 2 aromatic rings. The number of ether oxygens (including phenoxy) is 3. The summed E-state index contributed by atoms with van der Waals surface area (Å²) < 4.78 is 44.4. The summed E-state index contributed by atoms with van der Waals surface area (Å²) >= 11 is 2.03. The number of rotatable bonds is 11. The molecule has 256 valence electrons. The van der Waals surface area contributed by atoms with Crippen LogP contribution in [0.2, 0.25) is 0 Å². The van der Waals surface area contributed by atoms with Gasteiger partial charge in [0.25, 0.3) is 5.91 Å². The first kappa shape index (κ1) is 33.9. The lowest BCUT2D eigenvalue weighted by Gasteiger charge is -2.33. The Bertz CT molecular complexity index is 1730. The van der Waals surface area contributed by atoms with Gasteiger partial charge in [-0.05, 0) is 43.6 Å². The zero-order valence-corrected chi connectivity index (χ0v) is 30.0. The van der Waals surface area contributed by atoms with Crippen LogP contribution in [0.5, 0.6) is 17.4 Å². The van der Waals surface area contributed by atoms with E-state index in [9.17, 15) is 22.8 Å². The molecule has 1 unspecified atom stereocenters. The van der Waals surface area contributed by atoms with Crippen molar-refractivity contribution in [1.82, 2.24) is 24.9 Å². The van der Waals surface area contributed by atoms with Crippen LogP contribution >= 0.6 is 22.6 Å². The van der Waals surface area contributed by atoms with Gasteiger partial charge in [0.1, 0.15) is 23.5 Å². The molecule has 47 heavy (non-hydrogen) atoms. The number of nitrogens with one attached hydrogen (secondary N) is 2. The monoisotopic (exact) mass is 784 g/mol. The highest BCUT2D eigenvalue weighted by molar-refractivity contribution is 14.1. The third-order valence-electron chi connectivity index (χ3n) is 9.28. The summed E-state index contributed by atoms with van der Waals surface area (Å²) in [7, 11) is -0.747. The Kier molecular flexibility index (Phi) is 8.77. The average molecular weight is 785 g/mol. The number of likely N-dealkylation sites (tertiary alicyclic amines) is 1. The van der Waals surface area contributed by atoms with Gasteiger partial charge in [0, 0.05) is 22.3 Å². The van der Waals surface area contributed by atoms with Crippen LogP contribution in [-0.2, 0) is 24.4 Å². The van der Waals surface area contributed by atoms with Crippen LogP contribution in [0.3, 0.4) is 0 Å². The molecule has 0 radical (unpaired) electrons. The maximum absolute atomic E-state index is 14.0. The Morgan fingerprint density at radius 3 is 2.28 bits per heavy atom. The second-order valence-electron chi connectivity index (χ2n) is 14.0. The standard InChI is InChI=1S/C31H41IN6O8S/c1-30(2,3)24(33)28(40)38-14-16(10-20(38)26(39)36-31(13-23(31)32)29(41)37-47(42,43)17-8-9-17)46-27-18-11-21(44-4)22(45-5)12-19(18)34-25(35-27)15-6-7-15/h11-12,15-17,20,23-24H,6-10,13-14,33H2,1-5H3,(H,36,39)(H,37,41)/t16-,20?,23-,24-,31-/m1/s1. The van der Waals surface area contributed by atoms with Crippen LogP contribution in [-0.4, -0.2) is 94.7 Å². The van der Waals surface area contributed by atoms with Crippen LogP contribution in [0.15, 0.2) is 12.1 Å². The lowest BCUT2D eigenvalue weighted by molar-refractivity contribution is -0.142. The van der Waals surface area contributed by atoms with E-state index in [1.54, 1.807) is 19.2 Å². The fraction of sp³-hybridized carbons (Fsp3) is 0.645. The number of nitrogens with two attached hydrogens (primary N) is 1. The topological polar surface area (TPSA) is 192 Å². The van der Waals surface area contributed by atoms with E-state index in [2.05, 4.69) is 10.0 Å². The fourth-order valence-corrected chi connectivity index (χ4v) is 8.27. The van der Waals surface area contributed by atoms with E-state index >= 15 is 0 Å². The molecule has 14 nitrogen and oxygen atoms in total. The number of amides is 3. The van der Waals surface area contributed by atoms with Crippen LogP contribution < -0.4 is 30.0 Å². The average Bonchev–Trinajstić information content (AvgIpc) is 3.90. The largest absolute Gasteiger partial charge is 0.493 e. The Morgan fingerprint density at radius 2 is 1.72 bits per heavy atom. The van der Waals surface area contributed by atoms with Crippen molar-refractivity contribution in [1.29, 1.82) is 0 Å². The summed E-state index contributed by atoms with van der Waals surface area (Å²) in [5, 5.41) is 2.80. The summed E-state index contributed by atoms with van der Waals surface area (Å²) in [5.41, 5.74) is 5.01. The summed E-state index contributed by atoms with van der Waals surface area (Å²) in [5.74, 6) is 0.349. The predicted molar refractivity (Wildman–Crippen MR) is 180 cm³/mol. The second kappa shape index (κ2) is 12.2. The number of carbonyl (C=O) groups excluding carboxylic acids is 3. The number of sulfonamides is 1. The van der Waals surface area contributed by atoms with E-state index in [1.165, 1.54) is 12.0 Å². The molecule has 3 amide bonds. The molecule has 1 saturated heterocycles. The highest BCUT2D eigenvalue weighted by atomic mass is 127. The fourth-order valence-electron chi connectivity index (χ4n) is 5.77. The number of benzene rings is 1. The SMILES string of the molecule is COc1cc2nc(C3CC3)nc(O[C@@H]3CC(C(=O)N[C@]4(C(=O)NS(=O)(=O)C5CC5)C[C@H]4I)N(C(=O)[C@@H](N)C(C)(C)C)C3)c2cc1OC. The quantitative estimate of drug-likeness (QED) is 0.223. The molecule has 1 aromatic carbocycles. The number of fused-ring (bicyclic) bond motifs is 1. The number of alkyl halides is 1. The van der Waals surface area contributed by atoms with Gasteiger partial charge in [0.05, 0.1) is 43.0 Å². The van der Waals surface area contributed by atoms with Crippen molar-refractivity contribution < 1.29 is 37.0 Å². The number of halogens is 1. The molecule has 3 aliphatic carbocycles. The number of aromatic nitrogens is 2. The van der Waals surface area contributed by atoms with Gasteiger partial charge >= 0.3 is 0 Å². The summed E-state index contributed by atoms with van der Waals surface area (Å²) in [4.78, 5) is 52.0. The molecule has 2 heterocycles. The molecular formula is C31H41IN6O8S. The molecule has 16 heteroatoms. The van der Waals surface area contributed by atoms with Crippen LogP contribution in [0.1, 0.15) is 71.0 Å². The lowest BCUT2D eigenvalue weighted by atomic mass is 9.86. The van der Waals surface area contributed by atoms with Crippen molar-refractivity contribution in [2.45, 2.75) is 98.1 Å². The molecular weight excluding hydrogens is 743 g/mol. The Labute approximate surface area is 287 Å². The molecule has 5 atom stereocenters. The van der Waals surface area contributed by atoms with Gasteiger partial charge in [0.2, 0.25) is 27.7 Å². The van der Waals surface area contributed by atoms with Crippen molar-refractivity contribution in [3.8, 4) is 17.4 Å². The van der Waals surface area contributed by atoms with Crippen molar-refractivity contribution in [2.24, 2.45) is 11.1 Å². The van der Waals surface area contributed by atoms with E-state index in [1.807, 2.05) is 43.4 Å². The van der Waals surface area contributed by atoms with Gasteiger partial charge in [-0.25, -0.2) is 13.4 Å². The molecule has 4 aliphatic rings. The number of nitrogens with zero attached hydrogens (tertiary/aromatic N) is 3. The minimum atomic E-state index is -3.82. The first-order chi connectivity index (χ1) is 22.1. The molecule has 0 spiro atoms. The summed E-state index contributed by atoms with van der Waals surface area (Å²) in [6, 6.07) is 1.56. The van der Waals surface area contributed by atoms with E-state index in [0.717, 1.165) is 12.8 Å². The van der Waals surface area contributed by atoms with E-state index < -0.39 is 62.1 Å². The third-order valence-corrected chi connectivity index (χ3v) is 12.6. The Hall–Kier alpha value is -2.99. The van der Waals surface area contributed by atoms with Crippen molar-refractivity contribution >= 4 is 61.2 Å². The zero-order chi connectivity index (χ0) is 34.1. The second-order valence-corrected chi connectivity index (χ2v) is 17.5. The number of hydrogen-bond donors (Lipinski definition) is 3. The molecule has 4 N–H and O–H groups in total. The normalized spacial score (nSPS) is 26.4. The van der Waals surface area contributed by atoms with E-state index in [-0.39, 0.29) is 29.2 Å². The van der Waals surface area contributed by atoms with Crippen LogP contribution in [0.4, 0.5) is 0 Å². The van der Waals surface area contributed by atoms with Gasteiger partial charge in [-0.2, -0.15) is 4.98 Å². The number of carbonyl (C=O) groups is 3. The highest BCUT2D eigenvalue weighted by Crippen LogP contribution is 2.45. The minimum Gasteiger partial charge on any atom is -0.493 e. The van der Waals surface area contributed by atoms with Gasteiger partial charge in [-0.1, -0.05) is 43.4 Å². The first-order valence-corrected chi connectivity index (χ1v) is 18.6. The predicted octanol–water partition coefficient (Wildman–Crippen LogP) is 1.92. The van der Waals surface area contributed by atoms with Crippen molar-refractivity contribution in [3.63, 3.8) is 0 Å².